The Morgan fingerprint density at radius 1 is 1.47 bits per heavy atom. The van der Waals surface area contributed by atoms with Crippen LogP contribution < -0.4 is 9.86 Å². The molecule has 0 radical (unpaired) electrons. The first-order valence-corrected chi connectivity index (χ1v) is 6.69. The van der Waals surface area contributed by atoms with E-state index in [0.717, 1.165) is 4.90 Å². The molecule has 6 heteroatoms. The minimum absolute atomic E-state index is 0.492. The summed E-state index contributed by atoms with van der Waals surface area (Å²) in [5.74, 6) is 0.712. The maximum Gasteiger partial charge on any atom is 0.296 e. The third-order valence-electron chi connectivity index (χ3n) is 1.50. The lowest BCUT2D eigenvalue weighted by molar-refractivity contribution is 0.603. The monoisotopic (exact) mass is 244 g/mol. The van der Waals surface area contributed by atoms with Crippen LogP contribution in [0.3, 0.4) is 0 Å². The van der Waals surface area contributed by atoms with Crippen molar-refractivity contribution in [3.8, 4) is 0 Å². The largest absolute Gasteiger partial charge is 0.296 e. The van der Waals surface area contributed by atoms with Crippen molar-refractivity contribution >= 4 is 27.7 Å². The van der Waals surface area contributed by atoms with Gasteiger partial charge in [0.1, 0.15) is 0 Å². The quantitative estimate of drug-likeness (QED) is 0.610. The van der Waals surface area contributed by atoms with E-state index in [9.17, 15) is 8.42 Å². The Kier molecular flexibility index (Phi) is 4.19. The molecule has 0 saturated carbocycles. The molecule has 0 bridgehead atoms. The Labute approximate surface area is 93.7 Å². The minimum atomic E-state index is -3.71. The van der Waals surface area contributed by atoms with Crippen molar-refractivity contribution in [2.75, 3.05) is 10.5 Å². The van der Waals surface area contributed by atoms with Crippen molar-refractivity contribution in [2.24, 2.45) is 5.14 Å². The minimum Gasteiger partial charge on any atom is -0.270 e. The van der Waals surface area contributed by atoms with Crippen LogP contribution in [-0.4, -0.2) is 14.2 Å². The van der Waals surface area contributed by atoms with Crippen molar-refractivity contribution in [2.45, 2.75) is 4.90 Å². The van der Waals surface area contributed by atoms with Gasteiger partial charge in [-0.3, -0.25) is 4.72 Å². The topological polar surface area (TPSA) is 72.2 Å². The molecule has 4 nitrogen and oxygen atoms in total. The van der Waals surface area contributed by atoms with E-state index in [1.165, 1.54) is 11.8 Å². The molecule has 0 aliphatic carbocycles. The van der Waals surface area contributed by atoms with Gasteiger partial charge in [-0.1, -0.05) is 18.2 Å². The normalized spacial score (nSPS) is 11.0. The zero-order valence-electron chi connectivity index (χ0n) is 8.01. The van der Waals surface area contributed by atoms with E-state index < -0.39 is 10.2 Å². The first-order chi connectivity index (χ1) is 7.03. The fraction of sp³-hybridized carbons (Fsp3) is 0.111. The Hall–Kier alpha value is -0.980. The number of anilines is 1. The summed E-state index contributed by atoms with van der Waals surface area (Å²) in [6.07, 6.45) is 1.75. The molecule has 0 aliphatic rings. The molecule has 0 amide bonds. The van der Waals surface area contributed by atoms with Gasteiger partial charge in [-0.05, 0) is 12.1 Å². The first-order valence-electron chi connectivity index (χ1n) is 4.16. The molecule has 0 unspecified atom stereocenters. The predicted molar refractivity (Wildman–Crippen MR) is 64.1 cm³/mol. The van der Waals surface area contributed by atoms with Crippen LogP contribution in [0.5, 0.6) is 0 Å². The van der Waals surface area contributed by atoms with Crippen LogP contribution in [0.15, 0.2) is 41.8 Å². The second kappa shape index (κ2) is 5.20. The third kappa shape index (κ3) is 4.37. The maximum absolute atomic E-state index is 10.9. The molecule has 3 N–H and O–H groups in total. The van der Waals surface area contributed by atoms with Gasteiger partial charge in [0.05, 0.1) is 5.69 Å². The van der Waals surface area contributed by atoms with Gasteiger partial charge in [0, 0.05) is 10.6 Å². The summed E-state index contributed by atoms with van der Waals surface area (Å²) in [6.45, 7) is 3.60. The Morgan fingerprint density at radius 3 is 2.73 bits per heavy atom. The number of benzene rings is 1. The predicted octanol–water partition coefficient (Wildman–Crippen LogP) is 1.58. The molecule has 0 saturated heterocycles. The van der Waals surface area contributed by atoms with Crippen molar-refractivity contribution in [3.63, 3.8) is 0 Å². The number of thioether (sulfide) groups is 1. The number of hydrogen-bond donors (Lipinski definition) is 2. The molecule has 0 aliphatic heterocycles. The highest BCUT2D eigenvalue weighted by atomic mass is 32.2. The lowest BCUT2D eigenvalue weighted by Crippen LogP contribution is -2.22. The molecular weight excluding hydrogens is 232 g/mol. The maximum atomic E-state index is 10.9. The fourth-order valence-corrected chi connectivity index (χ4v) is 2.27. The number of nitrogens with two attached hydrogens (primary N) is 1. The van der Waals surface area contributed by atoms with E-state index in [-0.39, 0.29) is 0 Å². The van der Waals surface area contributed by atoms with Crippen LogP contribution in [0.4, 0.5) is 5.69 Å². The van der Waals surface area contributed by atoms with Gasteiger partial charge in [-0.25, -0.2) is 5.14 Å². The summed E-state index contributed by atoms with van der Waals surface area (Å²) in [7, 11) is -3.71. The Balaban J connectivity index is 2.91. The van der Waals surface area contributed by atoms with E-state index in [2.05, 4.69) is 11.3 Å². The first kappa shape index (κ1) is 12.1. The molecule has 82 valence electrons. The van der Waals surface area contributed by atoms with Crippen LogP contribution in [0.1, 0.15) is 0 Å². The summed E-state index contributed by atoms with van der Waals surface area (Å²) in [4.78, 5) is 0.825. The number of nitrogens with one attached hydrogen (secondary N) is 1. The van der Waals surface area contributed by atoms with E-state index in [1.54, 1.807) is 18.2 Å². The van der Waals surface area contributed by atoms with E-state index in [4.69, 9.17) is 5.14 Å². The van der Waals surface area contributed by atoms with Crippen LogP contribution in [-0.2, 0) is 10.2 Å². The number of para-hydroxylation sites is 1. The van der Waals surface area contributed by atoms with E-state index >= 15 is 0 Å². The summed E-state index contributed by atoms with van der Waals surface area (Å²) >= 11 is 1.49. The van der Waals surface area contributed by atoms with Gasteiger partial charge in [0.15, 0.2) is 0 Å². The number of hydrogen-bond acceptors (Lipinski definition) is 3. The molecule has 1 aromatic rings. The van der Waals surface area contributed by atoms with Gasteiger partial charge in [-0.15, -0.1) is 18.3 Å². The highest BCUT2D eigenvalue weighted by molar-refractivity contribution is 7.99. The molecule has 0 atom stereocenters. The summed E-state index contributed by atoms with van der Waals surface area (Å²) in [6, 6.07) is 7.06. The van der Waals surface area contributed by atoms with Crippen molar-refractivity contribution < 1.29 is 8.42 Å². The summed E-state index contributed by atoms with van der Waals surface area (Å²) in [5, 5.41) is 4.90. The lowest BCUT2D eigenvalue weighted by Gasteiger charge is -2.08. The van der Waals surface area contributed by atoms with Crippen LogP contribution in [0.2, 0.25) is 0 Å². The zero-order chi connectivity index (χ0) is 11.3. The Bertz CT molecular complexity index is 443. The number of rotatable bonds is 5. The highest BCUT2D eigenvalue weighted by Gasteiger charge is 2.06. The smallest absolute Gasteiger partial charge is 0.270 e. The van der Waals surface area contributed by atoms with Crippen molar-refractivity contribution in [1.82, 2.24) is 0 Å². The van der Waals surface area contributed by atoms with Gasteiger partial charge in [0.2, 0.25) is 0 Å². The molecule has 15 heavy (non-hydrogen) atoms. The molecule has 1 rings (SSSR count). The highest BCUT2D eigenvalue weighted by Crippen LogP contribution is 2.27. The summed E-state index contributed by atoms with van der Waals surface area (Å²) < 4.78 is 24.0. The molecule has 1 aromatic carbocycles. The zero-order valence-corrected chi connectivity index (χ0v) is 9.64. The van der Waals surface area contributed by atoms with Gasteiger partial charge in [0.25, 0.3) is 10.2 Å². The average Bonchev–Trinajstić information content (AvgIpc) is 2.14. The second-order valence-electron chi connectivity index (χ2n) is 2.74. The van der Waals surface area contributed by atoms with Crippen LogP contribution in [0, 0.1) is 0 Å². The molecule has 0 fully saturated rings. The molecule has 0 spiro atoms. The van der Waals surface area contributed by atoms with Crippen LogP contribution in [0.25, 0.3) is 0 Å². The standard InChI is InChI=1S/C9H12N2O2S2/c1-2-7-14-9-6-4-3-5-8(9)11-15(10,12)13/h2-6,11H,1,7H2,(H2,10,12,13). The van der Waals surface area contributed by atoms with Gasteiger partial charge >= 0.3 is 0 Å². The molecular formula is C9H12N2O2S2. The van der Waals surface area contributed by atoms with Gasteiger partial charge < -0.3 is 0 Å². The average molecular weight is 244 g/mol. The fourth-order valence-electron chi connectivity index (χ4n) is 0.979. The Morgan fingerprint density at radius 2 is 2.13 bits per heavy atom. The van der Waals surface area contributed by atoms with Crippen molar-refractivity contribution in [1.29, 1.82) is 0 Å². The second-order valence-corrected chi connectivity index (χ2v) is 5.10. The van der Waals surface area contributed by atoms with Crippen LogP contribution >= 0.6 is 11.8 Å². The summed E-state index contributed by atoms with van der Waals surface area (Å²) in [5.41, 5.74) is 0.492. The molecule has 0 aromatic heterocycles. The van der Waals surface area contributed by atoms with Crippen molar-refractivity contribution in [3.05, 3.63) is 36.9 Å². The van der Waals surface area contributed by atoms with E-state index in [1.807, 2.05) is 12.1 Å². The third-order valence-corrected chi connectivity index (χ3v) is 3.07. The van der Waals surface area contributed by atoms with Gasteiger partial charge in [-0.2, -0.15) is 8.42 Å². The SMILES string of the molecule is C=CCSc1ccccc1NS(N)(=O)=O. The van der Waals surface area contributed by atoms with E-state index in [0.29, 0.717) is 11.4 Å². The molecule has 0 heterocycles. The lowest BCUT2D eigenvalue weighted by atomic mass is 10.3.